The van der Waals surface area contributed by atoms with Crippen molar-refractivity contribution in [3.8, 4) is 0 Å². The van der Waals surface area contributed by atoms with Crippen LogP contribution >= 0.6 is 0 Å². The Morgan fingerprint density at radius 1 is 1.14 bits per heavy atom. The maximum absolute atomic E-state index is 12.0. The molecule has 0 spiro atoms. The number of ether oxygens (including phenoxy) is 2. The lowest BCUT2D eigenvalue weighted by atomic mass is 10.4. The van der Waals surface area contributed by atoms with Crippen molar-refractivity contribution >= 4 is 17.8 Å². The largest absolute Gasteiger partial charge is 0.464 e. The minimum atomic E-state index is -5.05. The van der Waals surface area contributed by atoms with Crippen molar-refractivity contribution in [1.29, 1.82) is 0 Å². The van der Waals surface area contributed by atoms with E-state index in [2.05, 4.69) is 14.5 Å². The van der Waals surface area contributed by atoms with Crippen molar-refractivity contribution in [1.82, 2.24) is 0 Å². The lowest BCUT2D eigenvalue weighted by Crippen LogP contribution is -2.33. The van der Waals surface area contributed by atoms with Crippen molar-refractivity contribution in [2.45, 2.75) is 6.18 Å². The van der Waals surface area contributed by atoms with Gasteiger partial charge in [0.25, 0.3) is 0 Å². The zero-order valence-corrected chi connectivity index (χ0v) is 7.21. The third-order valence-electron chi connectivity index (χ3n) is 1.02. The molecule has 0 atom stereocenters. The first-order valence-electron chi connectivity index (χ1n) is 3.15. The molecule has 1 amide bonds. The Hall–Kier alpha value is -1.60. The fourth-order valence-corrected chi connectivity index (χ4v) is 0.458. The van der Waals surface area contributed by atoms with E-state index >= 15 is 0 Å². The Bertz CT molecular complexity index is 271. The Morgan fingerprint density at radius 2 is 1.64 bits per heavy atom. The van der Waals surface area contributed by atoms with Gasteiger partial charge in [-0.3, -0.25) is 0 Å². The third kappa shape index (κ3) is 3.42. The summed E-state index contributed by atoms with van der Waals surface area (Å²) in [5.41, 5.74) is -1.95. The van der Waals surface area contributed by atoms with Crippen molar-refractivity contribution in [2.24, 2.45) is 4.99 Å². The second-order valence-electron chi connectivity index (χ2n) is 1.92. The van der Waals surface area contributed by atoms with Crippen LogP contribution in [-0.2, 0) is 14.3 Å². The van der Waals surface area contributed by atoms with E-state index < -0.39 is 24.0 Å². The highest BCUT2D eigenvalue weighted by Crippen LogP contribution is 2.18. The first-order valence-corrected chi connectivity index (χ1v) is 3.15. The van der Waals surface area contributed by atoms with Crippen LogP contribution < -0.4 is 0 Å². The molecule has 0 heterocycles. The fourth-order valence-electron chi connectivity index (χ4n) is 0.458. The summed E-state index contributed by atoms with van der Waals surface area (Å²) in [5.74, 6) is -1.75. The van der Waals surface area contributed by atoms with Crippen LogP contribution in [0.3, 0.4) is 0 Å². The van der Waals surface area contributed by atoms with Crippen LogP contribution in [-0.4, -0.2) is 38.2 Å². The first kappa shape index (κ1) is 12.4. The molecule has 0 unspecified atom stereocenters. The summed E-state index contributed by atoms with van der Waals surface area (Å²) in [5, 5.41) is 0. The number of methoxy groups -OCH3 is 2. The first-order chi connectivity index (χ1) is 6.32. The normalized spacial score (nSPS) is 12.2. The van der Waals surface area contributed by atoms with Crippen LogP contribution in [0.1, 0.15) is 0 Å². The minimum Gasteiger partial charge on any atom is -0.464 e. The smallest absolute Gasteiger partial charge is 0.440 e. The second kappa shape index (κ2) is 4.58. The molecule has 0 aromatic rings. The van der Waals surface area contributed by atoms with E-state index in [1.54, 1.807) is 0 Å². The number of esters is 1. The van der Waals surface area contributed by atoms with E-state index in [0.717, 1.165) is 14.2 Å². The SMILES string of the molecule is COC(=O)/N=C(/C(=O)OC)C(F)(F)F. The van der Waals surface area contributed by atoms with E-state index in [4.69, 9.17) is 0 Å². The summed E-state index contributed by atoms with van der Waals surface area (Å²) in [6, 6.07) is 0. The number of hydrogen-bond acceptors (Lipinski definition) is 4. The molecule has 80 valence electrons. The van der Waals surface area contributed by atoms with Crippen molar-refractivity contribution in [3.63, 3.8) is 0 Å². The molecule has 0 aromatic carbocycles. The predicted molar refractivity (Wildman–Crippen MR) is 37.9 cm³/mol. The molecule has 5 nitrogen and oxygen atoms in total. The van der Waals surface area contributed by atoms with Crippen LogP contribution in [0.5, 0.6) is 0 Å². The van der Waals surface area contributed by atoms with Gasteiger partial charge in [-0.1, -0.05) is 0 Å². The molecule has 0 radical (unpaired) electrons. The molecule has 0 aliphatic heterocycles. The lowest BCUT2D eigenvalue weighted by molar-refractivity contribution is -0.137. The number of rotatable bonds is 1. The Balaban J connectivity index is 5.02. The van der Waals surface area contributed by atoms with Crippen molar-refractivity contribution in [3.05, 3.63) is 0 Å². The van der Waals surface area contributed by atoms with Gasteiger partial charge >= 0.3 is 18.2 Å². The van der Waals surface area contributed by atoms with Gasteiger partial charge < -0.3 is 9.47 Å². The van der Waals surface area contributed by atoms with E-state index in [-0.39, 0.29) is 0 Å². The van der Waals surface area contributed by atoms with Crippen LogP contribution in [0.2, 0.25) is 0 Å². The minimum absolute atomic E-state index is 0.737. The van der Waals surface area contributed by atoms with Gasteiger partial charge in [-0.2, -0.15) is 18.2 Å². The quantitative estimate of drug-likeness (QED) is 0.480. The number of carbonyl (C=O) groups is 2. The molecular formula is C6H6F3NO4. The fraction of sp³-hybridized carbons (Fsp3) is 0.500. The number of hydrogen-bond donors (Lipinski definition) is 0. The van der Waals surface area contributed by atoms with Gasteiger partial charge in [0, 0.05) is 0 Å². The molecular weight excluding hydrogens is 207 g/mol. The highest BCUT2D eigenvalue weighted by atomic mass is 19.4. The summed E-state index contributed by atoms with van der Waals surface area (Å²) in [7, 11) is 1.57. The highest BCUT2D eigenvalue weighted by Gasteiger charge is 2.42. The molecule has 0 N–H and O–H groups in total. The van der Waals surface area contributed by atoms with Gasteiger partial charge in [-0.15, -0.1) is 0 Å². The molecule has 0 aliphatic rings. The average molecular weight is 213 g/mol. The number of halogens is 3. The second-order valence-corrected chi connectivity index (χ2v) is 1.92. The topological polar surface area (TPSA) is 65.0 Å². The van der Waals surface area contributed by atoms with Crippen LogP contribution in [0.25, 0.3) is 0 Å². The van der Waals surface area contributed by atoms with Gasteiger partial charge in [-0.05, 0) is 0 Å². The summed E-state index contributed by atoms with van der Waals surface area (Å²) in [6.07, 6.45) is -6.58. The van der Waals surface area contributed by atoms with Crippen LogP contribution in [0.4, 0.5) is 18.0 Å². The molecule has 0 aliphatic carbocycles. The van der Waals surface area contributed by atoms with Gasteiger partial charge in [0.05, 0.1) is 14.2 Å². The van der Waals surface area contributed by atoms with Gasteiger partial charge in [0.1, 0.15) is 0 Å². The summed E-state index contributed by atoms with van der Waals surface area (Å²) in [4.78, 5) is 23.3. The molecule has 0 saturated carbocycles. The summed E-state index contributed by atoms with van der Waals surface area (Å²) < 4.78 is 43.7. The molecule has 0 rings (SSSR count). The van der Waals surface area contributed by atoms with Gasteiger partial charge in [0.2, 0.25) is 5.71 Å². The number of nitrogens with zero attached hydrogens (tertiary/aromatic N) is 1. The molecule has 8 heteroatoms. The monoisotopic (exact) mass is 213 g/mol. The Labute approximate surface area is 76.5 Å². The van der Waals surface area contributed by atoms with Gasteiger partial charge in [0.15, 0.2) is 0 Å². The summed E-state index contributed by atoms with van der Waals surface area (Å²) >= 11 is 0. The maximum Gasteiger partial charge on any atom is 0.440 e. The lowest BCUT2D eigenvalue weighted by Gasteiger charge is -2.06. The van der Waals surface area contributed by atoms with Crippen molar-refractivity contribution < 1.29 is 32.2 Å². The van der Waals surface area contributed by atoms with E-state index in [0.29, 0.717) is 0 Å². The summed E-state index contributed by atoms with van der Waals surface area (Å²) in [6.45, 7) is 0. The zero-order valence-electron chi connectivity index (χ0n) is 7.21. The number of carbonyl (C=O) groups excluding carboxylic acids is 2. The van der Waals surface area contributed by atoms with Gasteiger partial charge in [-0.25, -0.2) is 9.59 Å². The van der Waals surface area contributed by atoms with Crippen molar-refractivity contribution in [2.75, 3.05) is 14.2 Å². The Kier molecular flexibility index (Phi) is 4.06. The van der Waals surface area contributed by atoms with E-state index in [1.807, 2.05) is 0 Å². The van der Waals surface area contributed by atoms with E-state index in [9.17, 15) is 22.8 Å². The molecule has 0 aromatic heterocycles. The molecule has 14 heavy (non-hydrogen) atoms. The third-order valence-corrected chi connectivity index (χ3v) is 1.02. The standard InChI is InChI=1S/C6H6F3NO4/c1-13-4(11)3(6(7,8)9)10-5(12)14-2/h1-2H3/b10-3-. The molecule has 0 saturated heterocycles. The van der Waals surface area contributed by atoms with E-state index in [1.165, 1.54) is 0 Å². The molecule has 0 bridgehead atoms. The number of amides is 1. The number of aliphatic imine (C=N–C) groups is 1. The predicted octanol–water partition coefficient (Wildman–Crippen LogP) is 0.929. The average Bonchev–Trinajstić information content (AvgIpc) is 2.10. The molecule has 0 fully saturated rings. The highest BCUT2D eigenvalue weighted by molar-refractivity contribution is 6.40. The Morgan fingerprint density at radius 3 is 1.93 bits per heavy atom. The van der Waals surface area contributed by atoms with Crippen LogP contribution in [0.15, 0.2) is 4.99 Å². The van der Waals surface area contributed by atoms with Crippen LogP contribution in [0, 0.1) is 0 Å². The number of alkyl halides is 3. The maximum atomic E-state index is 12.0. The zero-order chi connectivity index (χ0) is 11.4.